The third-order valence-electron chi connectivity index (χ3n) is 1.54. The SMILES string of the molecule is C[Si](C)(C)C#CC1CNCCO1. The predicted octanol–water partition coefficient (Wildman–Crippen LogP) is 0.856. The lowest BCUT2D eigenvalue weighted by Crippen LogP contribution is -2.38. The van der Waals surface area contributed by atoms with E-state index < -0.39 is 8.07 Å². The first-order valence-corrected chi connectivity index (χ1v) is 7.93. The molecule has 1 heterocycles. The van der Waals surface area contributed by atoms with Crippen LogP contribution in [0.15, 0.2) is 0 Å². The Balaban J connectivity index is 2.41. The molecule has 1 fully saturated rings. The van der Waals surface area contributed by atoms with Crippen LogP contribution in [-0.4, -0.2) is 33.9 Å². The Morgan fingerprint density at radius 1 is 1.42 bits per heavy atom. The number of hydrogen-bond donors (Lipinski definition) is 1. The van der Waals surface area contributed by atoms with Crippen molar-refractivity contribution in [1.82, 2.24) is 5.32 Å². The first kappa shape index (κ1) is 9.78. The first-order chi connectivity index (χ1) is 5.58. The maximum atomic E-state index is 5.46. The molecular formula is C9H17NOSi. The second-order valence-electron chi connectivity index (χ2n) is 4.08. The summed E-state index contributed by atoms with van der Waals surface area (Å²) in [5.41, 5.74) is 3.32. The molecule has 0 amide bonds. The molecule has 0 aromatic carbocycles. The van der Waals surface area contributed by atoms with Crippen LogP contribution in [0, 0.1) is 11.5 Å². The van der Waals surface area contributed by atoms with E-state index in [2.05, 4.69) is 36.4 Å². The average Bonchev–Trinajstić information content (AvgIpc) is 2.02. The number of hydrogen-bond acceptors (Lipinski definition) is 2. The molecule has 0 saturated carbocycles. The summed E-state index contributed by atoms with van der Waals surface area (Å²) in [6, 6.07) is 0. The molecular weight excluding hydrogens is 166 g/mol. The lowest BCUT2D eigenvalue weighted by molar-refractivity contribution is 0.0651. The Kier molecular flexibility index (Phi) is 3.33. The predicted molar refractivity (Wildman–Crippen MR) is 53.7 cm³/mol. The van der Waals surface area contributed by atoms with Gasteiger partial charge < -0.3 is 10.1 Å². The van der Waals surface area contributed by atoms with Gasteiger partial charge in [-0.05, 0) is 0 Å². The van der Waals surface area contributed by atoms with E-state index in [1.54, 1.807) is 0 Å². The second-order valence-corrected chi connectivity index (χ2v) is 8.83. The standard InChI is InChI=1S/C9H17NOSi/c1-12(2,3)7-4-9-8-10-5-6-11-9/h9-10H,5-6,8H2,1-3H3. The van der Waals surface area contributed by atoms with E-state index in [1.807, 2.05) is 0 Å². The van der Waals surface area contributed by atoms with Gasteiger partial charge in [-0.15, -0.1) is 5.54 Å². The summed E-state index contributed by atoms with van der Waals surface area (Å²) in [7, 11) is -1.21. The Morgan fingerprint density at radius 2 is 2.17 bits per heavy atom. The molecule has 12 heavy (non-hydrogen) atoms. The van der Waals surface area contributed by atoms with Crippen molar-refractivity contribution in [3.8, 4) is 11.5 Å². The minimum Gasteiger partial charge on any atom is -0.363 e. The van der Waals surface area contributed by atoms with Crippen molar-refractivity contribution in [3.05, 3.63) is 0 Å². The van der Waals surface area contributed by atoms with Crippen LogP contribution in [0.2, 0.25) is 19.6 Å². The fourth-order valence-electron chi connectivity index (χ4n) is 0.955. The van der Waals surface area contributed by atoms with Crippen LogP contribution in [-0.2, 0) is 4.74 Å². The quantitative estimate of drug-likeness (QED) is 0.444. The first-order valence-electron chi connectivity index (χ1n) is 4.43. The topological polar surface area (TPSA) is 21.3 Å². The summed E-state index contributed by atoms with van der Waals surface area (Å²) in [5, 5.41) is 3.26. The molecule has 68 valence electrons. The molecule has 0 radical (unpaired) electrons. The van der Waals surface area contributed by atoms with Gasteiger partial charge in [0.25, 0.3) is 0 Å². The molecule has 1 atom stereocenters. The lowest BCUT2D eigenvalue weighted by Gasteiger charge is -2.19. The van der Waals surface area contributed by atoms with Gasteiger partial charge >= 0.3 is 0 Å². The second kappa shape index (κ2) is 4.08. The molecule has 1 saturated heterocycles. The molecule has 1 rings (SSSR count). The molecule has 2 nitrogen and oxygen atoms in total. The number of nitrogens with one attached hydrogen (secondary N) is 1. The molecule has 3 heteroatoms. The van der Waals surface area contributed by atoms with Crippen LogP contribution in [0.5, 0.6) is 0 Å². The van der Waals surface area contributed by atoms with Crippen LogP contribution in [0.25, 0.3) is 0 Å². The fraction of sp³-hybridized carbons (Fsp3) is 0.778. The zero-order valence-electron chi connectivity index (χ0n) is 8.11. The largest absolute Gasteiger partial charge is 0.363 e. The summed E-state index contributed by atoms with van der Waals surface area (Å²) >= 11 is 0. The van der Waals surface area contributed by atoms with Gasteiger partial charge in [0.05, 0.1) is 6.61 Å². The molecule has 1 aliphatic rings. The van der Waals surface area contributed by atoms with E-state index in [-0.39, 0.29) is 6.10 Å². The minimum absolute atomic E-state index is 0.130. The van der Waals surface area contributed by atoms with Gasteiger partial charge in [-0.1, -0.05) is 25.6 Å². The molecule has 0 spiro atoms. The lowest BCUT2D eigenvalue weighted by atomic mass is 10.3. The fourth-order valence-corrected chi connectivity index (χ4v) is 1.55. The molecule has 1 N–H and O–H groups in total. The van der Waals surface area contributed by atoms with Crippen LogP contribution >= 0.6 is 0 Å². The van der Waals surface area contributed by atoms with E-state index >= 15 is 0 Å². The molecule has 0 aliphatic carbocycles. The summed E-state index contributed by atoms with van der Waals surface area (Å²) in [5.74, 6) is 3.19. The Labute approximate surface area is 75.7 Å². The highest BCUT2D eigenvalue weighted by Crippen LogP contribution is 1.99. The molecule has 0 aromatic rings. The van der Waals surface area contributed by atoms with Gasteiger partial charge in [-0.3, -0.25) is 0 Å². The third-order valence-corrected chi connectivity index (χ3v) is 2.43. The summed E-state index contributed by atoms with van der Waals surface area (Å²) in [6.07, 6.45) is 0.130. The van der Waals surface area contributed by atoms with Crippen LogP contribution in [0.4, 0.5) is 0 Å². The Bertz CT molecular complexity index is 193. The zero-order chi connectivity index (χ0) is 9.03. The zero-order valence-corrected chi connectivity index (χ0v) is 9.11. The van der Waals surface area contributed by atoms with Gasteiger partial charge in [-0.2, -0.15) is 0 Å². The highest BCUT2D eigenvalue weighted by molar-refractivity contribution is 6.83. The molecule has 1 aliphatic heterocycles. The minimum atomic E-state index is -1.21. The number of rotatable bonds is 0. The summed E-state index contributed by atoms with van der Waals surface area (Å²) in [6.45, 7) is 9.39. The number of morpholine rings is 1. The Hall–Kier alpha value is -0.303. The van der Waals surface area contributed by atoms with Crippen LogP contribution in [0.3, 0.4) is 0 Å². The Morgan fingerprint density at radius 3 is 2.67 bits per heavy atom. The van der Waals surface area contributed by atoms with Crippen molar-refractivity contribution in [3.63, 3.8) is 0 Å². The molecule has 0 bridgehead atoms. The van der Waals surface area contributed by atoms with Crippen molar-refractivity contribution < 1.29 is 4.74 Å². The van der Waals surface area contributed by atoms with Crippen LogP contribution < -0.4 is 5.32 Å². The highest BCUT2D eigenvalue weighted by atomic mass is 28.3. The maximum absolute atomic E-state index is 5.46. The normalized spacial score (nSPS) is 24.4. The average molecular weight is 183 g/mol. The van der Waals surface area contributed by atoms with Gasteiger partial charge in [-0.25, -0.2) is 0 Å². The van der Waals surface area contributed by atoms with E-state index in [1.165, 1.54) is 0 Å². The van der Waals surface area contributed by atoms with Gasteiger partial charge in [0.1, 0.15) is 14.2 Å². The van der Waals surface area contributed by atoms with Gasteiger partial charge in [0, 0.05) is 13.1 Å². The molecule has 0 aromatic heterocycles. The third kappa shape index (κ3) is 3.91. The van der Waals surface area contributed by atoms with Crippen molar-refractivity contribution >= 4 is 8.07 Å². The smallest absolute Gasteiger partial charge is 0.130 e. The maximum Gasteiger partial charge on any atom is 0.130 e. The summed E-state index contributed by atoms with van der Waals surface area (Å²) < 4.78 is 5.46. The highest BCUT2D eigenvalue weighted by Gasteiger charge is 2.12. The van der Waals surface area contributed by atoms with Crippen molar-refractivity contribution in [2.75, 3.05) is 19.7 Å². The van der Waals surface area contributed by atoms with Crippen molar-refractivity contribution in [1.29, 1.82) is 0 Å². The van der Waals surface area contributed by atoms with Crippen LogP contribution in [0.1, 0.15) is 0 Å². The van der Waals surface area contributed by atoms with Gasteiger partial charge in [0.2, 0.25) is 0 Å². The number of ether oxygens (including phenoxy) is 1. The van der Waals surface area contributed by atoms with E-state index in [0.717, 1.165) is 19.7 Å². The van der Waals surface area contributed by atoms with Crippen molar-refractivity contribution in [2.24, 2.45) is 0 Å². The van der Waals surface area contributed by atoms with E-state index in [9.17, 15) is 0 Å². The van der Waals surface area contributed by atoms with Gasteiger partial charge in [0.15, 0.2) is 0 Å². The van der Waals surface area contributed by atoms with Crippen molar-refractivity contribution in [2.45, 2.75) is 25.7 Å². The monoisotopic (exact) mass is 183 g/mol. The summed E-state index contributed by atoms with van der Waals surface area (Å²) in [4.78, 5) is 0. The molecule has 1 unspecified atom stereocenters. The van der Waals surface area contributed by atoms with E-state index in [0.29, 0.717) is 0 Å². The van der Waals surface area contributed by atoms with E-state index in [4.69, 9.17) is 4.74 Å².